The SMILES string of the molecule is CCCNC(CC(CC)CC)c1cc(Cl)sc1Cl. The maximum atomic E-state index is 6.28. The van der Waals surface area contributed by atoms with Gasteiger partial charge in [-0.05, 0) is 31.4 Å². The van der Waals surface area contributed by atoms with Crippen LogP contribution in [0.1, 0.15) is 58.1 Å². The van der Waals surface area contributed by atoms with Crippen molar-refractivity contribution in [2.45, 2.75) is 52.5 Å². The van der Waals surface area contributed by atoms with Crippen molar-refractivity contribution in [2.75, 3.05) is 6.54 Å². The third-order valence-electron chi connectivity index (χ3n) is 3.42. The summed E-state index contributed by atoms with van der Waals surface area (Å²) in [5.41, 5.74) is 1.17. The topological polar surface area (TPSA) is 12.0 Å². The molecule has 0 amide bonds. The van der Waals surface area contributed by atoms with Crippen LogP contribution in [-0.4, -0.2) is 6.54 Å². The molecule has 0 saturated heterocycles. The highest BCUT2D eigenvalue weighted by Crippen LogP contribution is 2.37. The Labute approximate surface area is 125 Å². The normalized spacial score (nSPS) is 13.2. The Bertz CT molecular complexity index is 348. The summed E-state index contributed by atoms with van der Waals surface area (Å²) < 4.78 is 1.61. The minimum atomic E-state index is 0.339. The molecule has 1 unspecified atom stereocenters. The zero-order valence-corrected chi connectivity index (χ0v) is 13.8. The molecular formula is C14H23Cl2NS. The highest BCUT2D eigenvalue weighted by Gasteiger charge is 2.20. The van der Waals surface area contributed by atoms with E-state index >= 15 is 0 Å². The lowest BCUT2D eigenvalue weighted by Crippen LogP contribution is -2.24. The molecule has 1 rings (SSSR count). The zero-order valence-electron chi connectivity index (χ0n) is 11.4. The first-order chi connectivity index (χ1) is 8.62. The molecule has 0 saturated carbocycles. The molecule has 18 heavy (non-hydrogen) atoms. The van der Waals surface area contributed by atoms with Gasteiger partial charge < -0.3 is 5.32 Å². The van der Waals surface area contributed by atoms with Crippen LogP contribution < -0.4 is 5.32 Å². The number of hydrogen-bond acceptors (Lipinski definition) is 2. The van der Waals surface area contributed by atoms with E-state index in [4.69, 9.17) is 23.2 Å². The average Bonchev–Trinajstić information content (AvgIpc) is 2.69. The zero-order chi connectivity index (χ0) is 13.5. The highest BCUT2D eigenvalue weighted by molar-refractivity contribution is 7.20. The van der Waals surface area contributed by atoms with E-state index in [1.165, 1.54) is 29.7 Å². The molecule has 0 spiro atoms. The Morgan fingerprint density at radius 2 is 1.89 bits per heavy atom. The van der Waals surface area contributed by atoms with Gasteiger partial charge in [0, 0.05) is 11.6 Å². The molecule has 1 aromatic rings. The summed E-state index contributed by atoms with van der Waals surface area (Å²) in [6, 6.07) is 2.36. The maximum absolute atomic E-state index is 6.28. The standard InChI is InChI=1S/C14H23Cl2NS/c1-4-7-17-12(8-10(5-2)6-3)11-9-13(15)18-14(11)16/h9-10,12,17H,4-8H2,1-3H3. The molecule has 1 heterocycles. The van der Waals surface area contributed by atoms with E-state index in [-0.39, 0.29) is 0 Å². The lowest BCUT2D eigenvalue weighted by molar-refractivity contribution is 0.372. The van der Waals surface area contributed by atoms with Crippen LogP contribution in [0.4, 0.5) is 0 Å². The minimum Gasteiger partial charge on any atom is -0.310 e. The van der Waals surface area contributed by atoms with Crippen molar-refractivity contribution in [1.82, 2.24) is 5.32 Å². The first kappa shape index (κ1) is 16.3. The maximum Gasteiger partial charge on any atom is 0.0991 e. The molecule has 0 radical (unpaired) electrons. The van der Waals surface area contributed by atoms with Crippen molar-refractivity contribution in [3.8, 4) is 0 Å². The fourth-order valence-electron chi connectivity index (χ4n) is 2.18. The van der Waals surface area contributed by atoms with Crippen LogP contribution in [0, 0.1) is 5.92 Å². The Kier molecular flexibility index (Phi) is 7.62. The van der Waals surface area contributed by atoms with Gasteiger partial charge in [0.05, 0.1) is 8.67 Å². The number of hydrogen-bond donors (Lipinski definition) is 1. The van der Waals surface area contributed by atoms with E-state index in [0.717, 1.165) is 34.0 Å². The number of thiophene rings is 1. The quantitative estimate of drug-likeness (QED) is 0.628. The largest absolute Gasteiger partial charge is 0.310 e. The molecule has 4 heteroatoms. The summed E-state index contributed by atoms with van der Waals surface area (Å²) in [6.07, 6.45) is 4.71. The smallest absolute Gasteiger partial charge is 0.0991 e. The summed E-state index contributed by atoms with van der Waals surface area (Å²) >= 11 is 13.8. The van der Waals surface area contributed by atoms with Crippen molar-refractivity contribution in [3.05, 3.63) is 20.3 Å². The number of nitrogens with one attached hydrogen (secondary N) is 1. The molecule has 0 aliphatic rings. The molecule has 0 bridgehead atoms. The van der Waals surface area contributed by atoms with Crippen LogP contribution in [-0.2, 0) is 0 Å². The van der Waals surface area contributed by atoms with E-state index in [1.54, 1.807) is 0 Å². The van der Waals surface area contributed by atoms with Crippen molar-refractivity contribution in [3.63, 3.8) is 0 Å². The Hall–Kier alpha value is 0.240. The second kappa shape index (κ2) is 8.42. The van der Waals surface area contributed by atoms with Crippen LogP contribution >= 0.6 is 34.5 Å². The first-order valence-electron chi connectivity index (χ1n) is 6.80. The monoisotopic (exact) mass is 307 g/mol. The lowest BCUT2D eigenvalue weighted by atomic mass is 9.92. The van der Waals surface area contributed by atoms with Crippen molar-refractivity contribution < 1.29 is 0 Å². The molecule has 1 nitrogen and oxygen atoms in total. The predicted molar refractivity (Wildman–Crippen MR) is 84.1 cm³/mol. The molecule has 0 aliphatic carbocycles. The molecule has 0 aromatic carbocycles. The van der Waals surface area contributed by atoms with E-state index in [1.807, 2.05) is 6.07 Å². The second-order valence-electron chi connectivity index (χ2n) is 4.70. The lowest BCUT2D eigenvalue weighted by Gasteiger charge is -2.23. The molecule has 1 aromatic heterocycles. The molecule has 0 aliphatic heterocycles. The third kappa shape index (κ3) is 4.73. The summed E-state index contributed by atoms with van der Waals surface area (Å²) in [7, 11) is 0. The summed E-state index contributed by atoms with van der Waals surface area (Å²) in [4.78, 5) is 0. The van der Waals surface area contributed by atoms with Gasteiger partial charge in [0.1, 0.15) is 0 Å². The van der Waals surface area contributed by atoms with Gasteiger partial charge >= 0.3 is 0 Å². The van der Waals surface area contributed by atoms with Gasteiger partial charge in [0.2, 0.25) is 0 Å². The summed E-state index contributed by atoms with van der Waals surface area (Å²) in [6.45, 7) is 7.72. The van der Waals surface area contributed by atoms with Gasteiger partial charge in [-0.25, -0.2) is 0 Å². The Balaban J connectivity index is 2.80. The number of halogens is 2. The van der Waals surface area contributed by atoms with Gasteiger partial charge in [0.15, 0.2) is 0 Å². The van der Waals surface area contributed by atoms with Crippen LogP contribution in [0.15, 0.2) is 6.07 Å². The molecule has 104 valence electrons. The molecule has 0 fully saturated rings. The van der Waals surface area contributed by atoms with E-state index < -0.39 is 0 Å². The van der Waals surface area contributed by atoms with Crippen molar-refractivity contribution in [2.24, 2.45) is 5.92 Å². The van der Waals surface area contributed by atoms with Gasteiger partial charge in [0.25, 0.3) is 0 Å². The van der Waals surface area contributed by atoms with Crippen LogP contribution in [0.25, 0.3) is 0 Å². The minimum absolute atomic E-state index is 0.339. The van der Waals surface area contributed by atoms with Gasteiger partial charge in [-0.15, -0.1) is 11.3 Å². The Morgan fingerprint density at radius 1 is 1.22 bits per heavy atom. The van der Waals surface area contributed by atoms with E-state index in [0.29, 0.717) is 6.04 Å². The molecule has 1 N–H and O–H groups in total. The van der Waals surface area contributed by atoms with Crippen LogP contribution in [0.2, 0.25) is 8.67 Å². The van der Waals surface area contributed by atoms with Crippen LogP contribution in [0.5, 0.6) is 0 Å². The Morgan fingerprint density at radius 3 is 2.33 bits per heavy atom. The predicted octanol–water partition coefficient (Wildman–Crippen LogP) is 5.92. The van der Waals surface area contributed by atoms with Gasteiger partial charge in [-0.3, -0.25) is 0 Å². The molecule has 1 atom stereocenters. The highest BCUT2D eigenvalue weighted by atomic mass is 35.5. The fourth-order valence-corrected chi connectivity index (χ4v) is 3.76. The van der Waals surface area contributed by atoms with Gasteiger partial charge in [-0.2, -0.15) is 0 Å². The first-order valence-corrected chi connectivity index (χ1v) is 8.37. The summed E-state index contributed by atoms with van der Waals surface area (Å²) in [5.74, 6) is 0.745. The van der Waals surface area contributed by atoms with E-state index in [9.17, 15) is 0 Å². The van der Waals surface area contributed by atoms with Crippen LogP contribution in [0.3, 0.4) is 0 Å². The van der Waals surface area contributed by atoms with Crippen molar-refractivity contribution >= 4 is 34.5 Å². The summed E-state index contributed by atoms with van der Waals surface area (Å²) in [5, 5.41) is 3.60. The molecular weight excluding hydrogens is 285 g/mol. The van der Waals surface area contributed by atoms with E-state index in [2.05, 4.69) is 26.1 Å². The number of rotatable bonds is 8. The van der Waals surface area contributed by atoms with Gasteiger partial charge in [-0.1, -0.05) is 56.8 Å². The average molecular weight is 308 g/mol. The fraction of sp³-hybridized carbons (Fsp3) is 0.714. The second-order valence-corrected chi connectivity index (χ2v) is 6.99. The van der Waals surface area contributed by atoms with Crippen molar-refractivity contribution in [1.29, 1.82) is 0 Å². The third-order valence-corrected chi connectivity index (χ3v) is 4.94.